The molecule has 19 heavy (non-hydrogen) atoms. The van der Waals surface area contributed by atoms with Crippen molar-refractivity contribution in [1.82, 2.24) is 10.2 Å². The Bertz CT molecular complexity index is 631. The van der Waals surface area contributed by atoms with Crippen LogP contribution in [0.15, 0.2) is 41.2 Å². The molecule has 0 aliphatic heterocycles. The Kier molecular flexibility index (Phi) is 3.61. The van der Waals surface area contributed by atoms with Gasteiger partial charge in [-0.05, 0) is 31.2 Å². The minimum atomic E-state index is -0.344. The summed E-state index contributed by atoms with van der Waals surface area (Å²) in [7, 11) is 0. The lowest BCUT2D eigenvalue weighted by atomic mass is 10.2. The molecule has 1 aromatic heterocycles. The normalized spacial score (nSPS) is 10.2. The number of benzene rings is 1. The molecule has 1 heterocycles. The van der Waals surface area contributed by atoms with Crippen LogP contribution in [0.4, 0.5) is 11.4 Å². The fraction of sp³-hybridized carbons (Fsp3) is 0.154. The monoisotopic (exact) mass is 258 g/mol. The number of amides is 1. The van der Waals surface area contributed by atoms with E-state index < -0.39 is 0 Å². The summed E-state index contributed by atoms with van der Waals surface area (Å²) in [4.78, 5) is 24.8. The summed E-state index contributed by atoms with van der Waals surface area (Å²) in [5.74, 6) is -0.288. The molecular formula is C13H14N4O2. The fourth-order valence-corrected chi connectivity index (χ4v) is 1.74. The van der Waals surface area contributed by atoms with E-state index in [1.807, 2.05) is 6.92 Å². The van der Waals surface area contributed by atoms with Gasteiger partial charge in [0.05, 0.1) is 0 Å². The van der Waals surface area contributed by atoms with Crippen molar-refractivity contribution in [2.75, 3.05) is 17.2 Å². The summed E-state index contributed by atoms with van der Waals surface area (Å²) in [6, 6.07) is 9.71. The first-order valence-corrected chi connectivity index (χ1v) is 5.85. The lowest BCUT2D eigenvalue weighted by Gasteiger charge is -2.20. The second-order valence-corrected chi connectivity index (χ2v) is 3.95. The van der Waals surface area contributed by atoms with Crippen molar-refractivity contribution in [1.29, 1.82) is 0 Å². The molecule has 1 aromatic carbocycles. The number of carbonyl (C=O) groups excluding carboxylic acids is 1. The molecule has 98 valence electrons. The molecular weight excluding hydrogens is 244 g/mol. The van der Waals surface area contributed by atoms with Crippen LogP contribution in [0.1, 0.15) is 17.4 Å². The molecule has 0 aliphatic carbocycles. The van der Waals surface area contributed by atoms with Crippen molar-refractivity contribution >= 4 is 17.3 Å². The largest absolute Gasteiger partial charge is 0.399 e. The van der Waals surface area contributed by atoms with Crippen molar-refractivity contribution in [2.24, 2.45) is 0 Å². The Morgan fingerprint density at radius 2 is 2.16 bits per heavy atom. The lowest BCUT2D eigenvalue weighted by Crippen LogP contribution is -2.32. The zero-order chi connectivity index (χ0) is 13.8. The van der Waals surface area contributed by atoms with Gasteiger partial charge in [0, 0.05) is 24.0 Å². The number of nitrogens with two attached hydrogens (primary N) is 1. The van der Waals surface area contributed by atoms with Gasteiger partial charge in [-0.3, -0.25) is 9.59 Å². The van der Waals surface area contributed by atoms with Crippen LogP contribution in [0.5, 0.6) is 0 Å². The van der Waals surface area contributed by atoms with Gasteiger partial charge in [0.2, 0.25) is 0 Å². The Morgan fingerprint density at radius 1 is 1.37 bits per heavy atom. The molecule has 0 saturated heterocycles. The number of hydrogen-bond acceptors (Lipinski definition) is 4. The number of nitrogen functional groups attached to an aromatic ring is 1. The standard InChI is InChI=1S/C13H14N4O2/c1-2-17(10-5-3-4-9(14)8-10)13(19)11-6-7-12(18)16-15-11/h3-8H,2,14H2,1H3,(H,16,18). The first-order chi connectivity index (χ1) is 9.11. The van der Waals surface area contributed by atoms with Crippen LogP contribution < -0.4 is 16.2 Å². The van der Waals surface area contributed by atoms with Gasteiger partial charge in [-0.15, -0.1) is 0 Å². The molecule has 6 heteroatoms. The summed E-state index contributed by atoms with van der Waals surface area (Å²) in [5.41, 5.74) is 6.83. The van der Waals surface area contributed by atoms with Crippen LogP contribution in [-0.2, 0) is 0 Å². The van der Waals surface area contributed by atoms with E-state index >= 15 is 0 Å². The van der Waals surface area contributed by atoms with Crippen LogP contribution in [0.25, 0.3) is 0 Å². The second kappa shape index (κ2) is 5.34. The molecule has 2 rings (SSSR count). The predicted octanol–water partition coefficient (Wildman–Crippen LogP) is 1.02. The van der Waals surface area contributed by atoms with Crippen molar-refractivity contribution in [2.45, 2.75) is 6.92 Å². The Labute approximate surface area is 109 Å². The summed E-state index contributed by atoms with van der Waals surface area (Å²) in [6.45, 7) is 2.33. The molecule has 6 nitrogen and oxygen atoms in total. The number of aromatic amines is 1. The molecule has 0 saturated carbocycles. The minimum absolute atomic E-state index is 0.184. The van der Waals surface area contributed by atoms with Gasteiger partial charge >= 0.3 is 0 Å². The van der Waals surface area contributed by atoms with E-state index in [0.717, 1.165) is 0 Å². The Morgan fingerprint density at radius 3 is 2.74 bits per heavy atom. The van der Waals surface area contributed by atoms with Crippen LogP contribution in [0.2, 0.25) is 0 Å². The highest BCUT2D eigenvalue weighted by Crippen LogP contribution is 2.18. The van der Waals surface area contributed by atoms with E-state index in [2.05, 4.69) is 10.2 Å². The maximum atomic E-state index is 12.3. The van der Waals surface area contributed by atoms with Gasteiger partial charge in [-0.2, -0.15) is 5.10 Å². The minimum Gasteiger partial charge on any atom is -0.399 e. The zero-order valence-electron chi connectivity index (χ0n) is 10.5. The van der Waals surface area contributed by atoms with E-state index in [1.165, 1.54) is 17.0 Å². The number of nitrogens with zero attached hydrogens (tertiary/aromatic N) is 2. The van der Waals surface area contributed by atoms with Crippen LogP contribution in [-0.4, -0.2) is 22.6 Å². The highest BCUT2D eigenvalue weighted by atomic mass is 16.2. The molecule has 0 atom stereocenters. The van der Waals surface area contributed by atoms with Crippen LogP contribution >= 0.6 is 0 Å². The summed E-state index contributed by atoms with van der Waals surface area (Å²) in [5, 5.41) is 5.98. The van der Waals surface area contributed by atoms with Crippen molar-refractivity contribution in [3.8, 4) is 0 Å². The number of nitrogens with one attached hydrogen (secondary N) is 1. The molecule has 1 amide bonds. The van der Waals surface area contributed by atoms with Gasteiger partial charge in [0.15, 0.2) is 0 Å². The maximum absolute atomic E-state index is 12.3. The number of anilines is 2. The van der Waals surface area contributed by atoms with Crippen LogP contribution in [0.3, 0.4) is 0 Å². The van der Waals surface area contributed by atoms with Gasteiger partial charge in [-0.1, -0.05) is 6.07 Å². The smallest absolute Gasteiger partial charge is 0.278 e. The van der Waals surface area contributed by atoms with Crippen molar-refractivity contribution in [3.63, 3.8) is 0 Å². The molecule has 0 radical (unpaired) electrons. The number of carbonyl (C=O) groups is 1. The summed E-state index contributed by atoms with van der Waals surface area (Å²) >= 11 is 0. The van der Waals surface area contributed by atoms with Crippen molar-refractivity contribution in [3.05, 3.63) is 52.4 Å². The number of hydrogen-bond donors (Lipinski definition) is 2. The van der Waals surface area contributed by atoms with E-state index in [-0.39, 0.29) is 17.2 Å². The Hall–Kier alpha value is -2.63. The highest BCUT2D eigenvalue weighted by Gasteiger charge is 2.17. The molecule has 0 spiro atoms. The molecule has 0 bridgehead atoms. The van der Waals surface area contributed by atoms with Gasteiger partial charge in [-0.25, -0.2) is 5.10 Å². The topological polar surface area (TPSA) is 92.1 Å². The summed E-state index contributed by atoms with van der Waals surface area (Å²) in [6.07, 6.45) is 0. The average Bonchev–Trinajstić information content (AvgIpc) is 2.40. The van der Waals surface area contributed by atoms with E-state index in [1.54, 1.807) is 24.3 Å². The number of H-pyrrole nitrogens is 1. The quantitative estimate of drug-likeness (QED) is 0.804. The highest BCUT2D eigenvalue weighted by molar-refractivity contribution is 6.04. The first-order valence-electron chi connectivity index (χ1n) is 5.85. The van der Waals surface area contributed by atoms with Gasteiger partial charge < -0.3 is 10.6 Å². The van der Waals surface area contributed by atoms with E-state index in [4.69, 9.17) is 5.73 Å². The van der Waals surface area contributed by atoms with Crippen molar-refractivity contribution < 1.29 is 4.79 Å². The first kappa shape index (κ1) is 12.8. The molecule has 0 unspecified atom stereocenters. The third kappa shape index (κ3) is 2.79. The number of rotatable bonds is 3. The molecule has 2 aromatic rings. The van der Waals surface area contributed by atoms with Gasteiger partial charge in [0.25, 0.3) is 11.5 Å². The third-order valence-electron chi connectivity index (χ3n) is 2.64. The number of aromatic nitrogens is 2. The average molecular weight is 258 g/mol. The Balaban J connectivity index is 2.34. The summed E-state index contributed by atoms with van der Waals surface area (Å²) < 4.78 is 0. The lowest BCUT2D eigenvalue weighted by molar-refractivity contribution is 0.0982. The second-order valence-electron chi connectivity index (χ2n) is 3.95. The van der Waals surface area contributed by atoms with Gasteiger partial charge in [0.1, 0.15) is 5.69 Å². The molecule has 3 N–H and O–H groups in total. The fourth-order valence-electron chi connectivity index (χ4n) is 1.74. The molecule has 0 fully saturated rings. The van der Waals surface area contributed by atoms with E-state index in [9.17, 15) is 9.59 Å². The predicted molar refractivity (Wildman–Crippen MR) is 73.1 cm³/mol. The third-order valence-corrected chi connectivity index (χ3v) is 2.64. The van der Waals surface area contributed by atoms with Crippen LogP contribution in [0, 0.1) is 0 Å². The molecule has 0 aliphatic rings. The van der Waals surface area contributed by atoms with E-state index in [0.29, 0.717) is 17.9 Å². The SMILES string of the molecule is CCN(C(=O)c1ccc(=O)[nH]n1)c1cccc(N)c1. The zero-order valence-corrected chi connectivity index (χ0v) is 10.5. The maximum Gasteiger partial charge on any atom is 0.278 e.